The normalized spacial score (nSPS) is 27.5. The Morgan fingerprint density at radius 3 is 2.55 bits per heavy atom. The van der Waals surface area contributed by atoms with Gasteiger partial charge in [-0.15, -0.1) is 0 Å². The maximum absolute atomic E-state index is 12.1. The van der Waals surface area contributed by atoms with E-state index in [1.807, 2.05) is 0 Å². The molecule has 33 heavy (non-hydrogen) atoms. The quantitative estimate of drug-likeness (QED) is 0.128. The minimum Gasteiger partial charge on any atom is -0.810 e. The third-order valence-electron chi connectivity index (χ3n) is 4.23. The van der Waals surface area contributed by atoms with E-state index >= 15 is 0 Å². The highest BCUT2D eigenvalue weighted by Gasteiger charge is 2.44. The second-order valence-corrected chi connectivity index (χ2v) is 13.1. The first-order chi connectivity index (χ1) is 15.1. The molecule has 0 saturated carbocycles. The first-order valence-corrected chi connectivity index (χ1v) is 15.0. The number of thioether (sulfide) groups is 1. The number of imidazole rings is 1. The van der Waals surface area contributed by atoms with Crippen molar-refractivity contribution < 1.29 is 52.2 Å². The van der Waals surface area contributed by atoms with Gasteiger partial charge in [-0.1, -0.05) is 19.4 Å². The van der Waals surface area contributed by atoms with Gasteiger partial charge in [-0.25, -0.2) is 15.0 Å². The molecule has 2 aromatic heterocycles. The Kier molecular flexibility index (Phi) is 7.82. The Bertz CT molecular complexity index is 1180. The smallest absolute Gasteiger partial charge is 0.191 e. The van der Waals surface area contributed by atoms with Gasteiger partial charge in [0, 0.05) is 5.90 Å². The van der Waals surface area contributed by atoms with Crippen LogP contribution in [-0.2, 0) is 27.3 Å². The summed E-state index contributed by atoms with van der Waals surface area (Å²) in [5, 5.41) is 21.0. The summed E-state index contributed by atoms with van der Waals surface area (Å²) in [5.41, 5.74) is 6.23. The topological polar surface area (TPSA) is 258 Å². The van der Waals surface area contributed by atoms with Crippen LogP contribution < -0.4 is 20.4 Å². The lowest BCUT2D eigenvalue weighted by atomic mass is 10.1. The molecule has 3 heterocycles. The maximum atomic E-state index is 12.1. The van der Waals surface area contributed by atoms with Gasteiger partial charge in [0.15, 0.2) is 22.8 Å². The Morgan fingerprint density at radius 1 is 1.27 bits per heavy atom. The van der Waals surface area contributed by atoms with Gasteiger partial charge in [0.1, 0.15) is 31.4 Å². The first-order valence-electron chi connectivity index (χ1n) is 8.74. The van der Waals surface area contributed by atoms with Crippen LogP contribution in [0.25, 0.3) is 11.2 Å². The van der Waals surface area contributed by atoms with Gasteiger partial charge in [0.25, 0.3) is 0 Å². The highest BCUT2D eigenvalue weighted by molar-refractivity contribution is 7.98. The summed E-state index contributed by atoms with van der Waals surface area (Å²) >= 11 is 1.19. The number of hydrogen-bond acceptors (Lipinski definition) is 16. The number of nitrogens with zero attached hydrogens (tertiary/aromatic N) is 4. The molecule has 0 aromatic carbocycles. The third kappa shape index (κ3) is 6.43. The van der Waals surface area contributed by atoms with E-state index in [0.29, 0.717) is 5.16 Å². The van der Waals surface area contributed by atoms with Crippen LogP contribution in [0.15, 0.2) is 11.5 Å². The van der Waals surface area contributed by atoms with Crippen LogP contribution in [0.3, 0.4) is 0 Å². The van der Waals surface area contributed by atoms with E-state index in [-0.39, 0.29) is 17.0 Å². The molecule has 3 radical (unpaired) electrons. The average Bonchev–Trinajstić information content (AvgIpc) is 3.19. The van der Waals surface area contributed by atoms with E-state index in [0.717, 1.165) is 0 Å². The summed E-state index contributed by atoms with van der Waals surface area (Å²) in [6, 6.07) is 0. The molecule has 183 valence electrons. The van der Waals surface area contributed by atoms with Gasteiger partial charge < -0.3 is 65.5 Å². The zero-order chi connectivity index (χ0) is 24.8. The molecule has 0 spiro atoms. The number of aliphatic hydroxyl groups is 2. The summed E-state index contributed by atoms with van der Waals surface area (Å²) in [5.74, 6) is -1.90. The molecule has 1 aliphatic rings. The summed E-state index contributed by atoms with van der Waals surface area (Å²) in [6.45, 7) is -0.839. The van der Waals surface area contributed by atoms with Gasteiger partial charge in [-0.05, 0) is 6.26 Å². The maximum Gasteiger partial charge on any atom is 0.191 e. The van der Waals surface area contributed by atoms with Gasteiger partial charge in [0.05, 0.1) is 20.4 Å². The summed E-state index contributed by atoms with van der Waals surface area (Å²) in [7, 11) is -10.8. The van der Waals surface area contributed by atoms with Crippen LogP contribution in [0, 0.1) is 0 Å². The van der Waals surface area contributed by atoms with Crippen molar-refractivity contribution in [3.63, 3.8) is 0 Å². The molecule has 1 fully saturated rings. The van der Waals surface area contributed by atoms with Crippen LogP contribution in [0.4, 0.5) is 5.82 Å². The van der Waals surface area contributed by atoms with Crippen molar-refractivity contribution in [2.24, 2.45) is 0 Å². The molecule has 3 rings (SSSR count). The molecule has 1 aliphatic heterocycles. The lowest BCUT2D eigenvalue weighted by molar-refractivity contribution is -0.312. The lowest BCUT2D eigenvalue weighted by Crippen LogP contribution is -2.33. The Morgan fingerprint density at radius 2 is 1.94 bits per heavy atom. The van der Waals surface area contributed by atoms with Gasteiger partial charge in [0.2, 0.25) is 0 Å². The summed E-state index contributed by atoms with van der Waals surface area (Å²) in [4.78, 5) is 45.1. The van der Waals surface area contributed by atoms with Crippen molar-refractivity contribution in [2.75, 3.05) is 24.5 Å². The number of ether oxygens (including phenoxy) is 1. The van der Waals surface area contributed by atoms with E-state index in [4.69, 9.17) is 18.0 Å². The number of aromatic nitrogens is 4. The Balaban J connectivity index is 1.73. The second-order valence-electron chi connectivity index (χ2n) is 6.75. The fourth-order valence-corrected chi connectivity index (χ4v) is 7.57. The highest BCUT2D eigenvalue weighted by Crippen LogP contribution is 2.61. The van der Waals surface area contributed by atoms with Crippen LogP contribution in [0.1, 0.15) is 6.23 Å². The van der Waals surface area contributed by atoms with Gasteiger partial charge in [-0.3, -0.25) is 4.57 Å². The van der Waals surface area contributed by atoms with Crippen LogP contribution in [0.5, 0.6) is 0 Å². The molecule has 2 aromatic rings. The molecule has 0 bridgehead atoms. The molecule has 6 atom stereocenters. The molecule has 2 unspecified atom stereocenters. The monoisotopic (exact) mass is 542 g/mol. The molecule has 16 nitrogen and oxygen atoms in total. The third-order valence-corrected chi connectivity index (χ3v) is 9.96. The number of aliphatic hydroxyl groups excluding tert-OH is 2. The minimum absolute atomic E-state index is 0.0694. The van der Waals surface area contributed by atoms with Crippen molar-refractivity contribution >= 4 is 59.0 Å². The predicted molar refractivity (Wildman–Crippen MR) is 108 cm³/mol. The summed E-state index contributed by atoms with van der Waals surface area (Å²) in [6.07, 6.45) is -2.91. The van der Waals surface area contributed by atoms with Crippen molar-refractivity contribution in [1.29, 1.82) is 0 Å². The van der Waals surface area contributed by atoms with Crippen molar-refractivity contribution in [2.45, 2.75) is 29.7 Å². The number of rotatable bonds is 9. The average molecular weight is 542 g/mol. The van der Waals surface area contributed by atoms with Crippen LogP contribution in [-0.4, -0.2) is 74.4 Å². The molecule has 1 saturated heterocycles. The number of fused-ring (bicyclic) bond motifs is 1. The first kappa shape index (κ1) is 26.7. The number of hydrogen-bond donors (Lipinski definition) is 3. The number of nitrogen functional groups attached to an aromatic ring is 1. The van der Waals surface area contributed by atoms with E-state index in [9.17, 15) is 38.6 Å². The predicted octanol–water partition coefficient (Wildman–Crippen LogP) is -2.52. The molecular formula is C12H16BN5O11P3S-4. The fraction of sp³-hybridized carbons (Fsp3) is 0.583. The van der Waals surface area contributed by atoms with Gasteiger partial charge in [-0.2, -0.15) is 0 Å². The molecule has 0 aliphatic carbocycles. The van der Waals surface area contributed by atoms with Crippen LogP contribution >= 0.6 is 34.4 Å². The number of nitrogens with two attached hydrogens (primary N) is 1. The van der Waals surface area contributed by atoms with E-state index < -0.39 is 59.7 Å². The second kappa shape index (κ2) is 9.65. The van der Waals surface area contributed by atoms with Crippen molar-refractivity contribution in [3.8, 4) is 0 Å². The minimum atomic E-state index is -5.56. The van der Waals surface area contributed by atoms with E-state index in [1.54, 1.807) is 6.26 Å². The largest absolute Gasteiger partial charge is 0.810 e. The zero-order valence-electron chi connectivity index (χ0n) is 16.6. The standard InChI is InChI=1S/C12H19BN5O11P3S/c1-33-12-16-9(14)6-10(17-12)18(3-15-6)11-8(20)7(19)5(28-11)2-27-32(13,26)29-31(24,25)4-30(21,22)23/h3,5,7-8,11,19-20H,2,4H2,1H3,(H,24,25)(H2,14,16,17)(H2,21,22,23)/q-1/p-3/t5-,7-,8-,11-,32?/m1/s1. The Hall–Kier alpha value is -0.865. The van der Waals surface area contributed by atoms with Crippen molar-refractivity contribution in [1.82, 2.24) is 19.5 Å². The fourth-order valence-electron chi connectivity index (χ4n) is 2.90. The molecule has 4 N–H and O–H groups in total. The zero-order valence-corrected chi connectivity index (χ0v) is 20.1. The molecular weight excluding hydrogens is 526 g/mol. The highest BCUT2D eigenvalue weighted by atomic mass is 32.2. The molecule has 0 amide bonds. The molecule has 21 heteroatoms. The summed E-state index contributed by atoms with van der Waals surface area (Å²) < 4.78 is 49.7. The van der Waals surface area contributed by atoms with Crippen molar-refractivity contribution in [3.05, 3.63) is 6.33 Å². The van der Waals surface area contributed by atoms with E-state index in [2.05, 4.69) is 23.8 Å². The number of anilines is 1. The lowest BCUT2D eigenvalue weighted by Gasteiger charge is -2.40. The van der Waals surface area contributed by atoms with Crippen LogP contribution in [0.2, 0.25) is 0 Å². The van der Waals surface area contributed by atoms with E-state index in [1.165, 1.54) is 22.7 Å². The Labute approximate surface area is 191 Å². The van der Waals surface area contributed by atoms with Gasteiger partial charge >= 0.3 is 0 Å². The SMILES string of the molecule is [B-]P(=O)(OC[C@H]1O[C@@H](n2cnc3c(N)nc(SC)nc32)[C@H](O)[C@@H]1O)OP(=O)([O-])CP(=O)([O-])[O-].